The Hall–Kier alpha value is -1.29. The summed E-state index contributed by atoms with van der Waals surface area (Å²) in [6.07, 6.45) is 3.09. The smallest absolute Gasteiger partial charge is 0.215 e. The van der Waals surface area contributed by atoms with Crippen LogP contribution in [0, 0.1) is 0 Å². The van der Waals surface area contributed by atoms with Gasteiger partial charge in [0.2, 0.25) is 5.88 Å². The van der Waals surface area contributed by atoms with Crippen LogP contribution < -0.4 is 15.4 Å². The van der Waals surface area contributed by atoms with Crippen LogP contribution in [0.25, 0.3) is 0 Å². The zero-order valence-corrected chi connectivity index (χ0v) is 10.4. The first-order chi connectivity index (χ1) is 8.29. The van der Waals surface area contributed by atoms with Crippen LogP contribution >= 0.6 is 0 Å². The van der Waals surface area contributed by atoms with E-state index < -0.39 is 0 Å². The van der Waals surface area contributed by atoms with Crippen molar-refractivity contribution in [2.24, 2.45) is 5.73 Å². The van der Waals surface area contributed by atoms with E-state index in [-0.39, 0.29) is 0 Å². The summed E-state index contributed by atoms with van der Waals surface area (Å²) < 4.78 is 5.55. The van der Waals surface area contributed by atoms with E-state index in [2.05, 4.69) is 16.8 Å². The van der Waals surface area contributed by atoms with Crippen molar-refractivity contribution in [3.63, 3.8) is 0 Å². The van der Waals surface area contributed by atoms with Gasteiger partial charge in [0.25, 0.3) is 0 Å². The molecule has 2 N–H and O–H groups in total. The molecule has 1 aromatic heterocycles. The Balaban J connectivity index is 2.00. The molecule has 0 amide bonds. The van der Waals surface area contributed by atoms with Gasteiger partial charge in [-0.25, -0.2) is 0 Å². The molecular formula is C13H21N3O. The second-order valence-corrected chi connectivity index (χ2v) is 4.51. The average Bonchev–Trinajstić information content (AvgIpc) is 2.37. The number of hydrogen-bond acceptors (Lipinski definition) is 4. The van der Waals surface area contributed by atoms with E-state index in [1.807, 2.05) is 18.2 Å². The number of nitrogens with two attached hydrogens (primary N) is 1. The molecule has 1 aliphatic heterocycles. The molecule has 1 aliphatic rings. The quantitative estimate of drug-likeness (QED) is 0.864. The standard InChI is InChI=1S/C13H21N3O/c1-2-10-17-13-5-3-4-12(15-13)16-8-6-11(14)7-9-16/h3-5,11H,2,6-10,14H2,1H3. The largest absolute Gasteiger partial charge is 0.478 e. The van der Waals surface area contributed by atoms with Crippen molar-refractivity contribution < 1.29 is 4.74 Å². The molecule has 0 atom stereocenters. The molecule has 0 unspecified atom stereocenters. The summed E-state index contributed by atoms with van der Waals surface area (Å²) >= 11 is 0. The maximum atomic E-state index is 5.90. The van der Waals surface area contributed by atoms with Crippen LogP contribution in [0.3, 0.4) is 0 Å². The zero-order chi connectivity index (χ0) is 12.1. The lowest BCUT2D eigenvalue weighted by Crippen LogP contribution is -2.40. The lowest BCUT2D eigenvalue weighted by Gasteiger charge is -2.31. The minimum Gasteiger partial charge on any atom is -0.478 e. The van der Waals surface area contributed by atoms with Crippen molar-refractivity contribution in [2.45, 2.75) is 32.2 Å². The lowest BCUT2D eigenvalue weighted by molar-refractivity contribution is 0.305. The van der Waals surface area contributed by atoms with E-state index in [1.54, 1.807) is 0 Å². The molecule has 0 bridgehead atoms. The maximum Gasteiger partial charge on any atom is 0.215 e. The number of pyridine rings is 1. The van der Waals surface area contributed by atoms with Gasteiger partial charge in [0.15, 0.2) is 0 Å². The number of aromatic nitrogens is 1. The highest BCUT2D eigenvalue weighted by molar-refractivity contribution is 5.41. The second kappa shape index (κ2) is 5.87. The number of hydrogen-bond donors (Lipinski definition) is 1. The first-order valence-corrected chi connectivity index (χ1v) is 6.40. The molecule has 1 fully saturated rings. The van der Waals surface area contributed by atoms with Gasteiger partial charge in [0.05, 0.1) is 6.61 Å². The Morgan fingerprint density at radius 1 is 1.41 bits per heavy atom. The van der Waals surface area contributed by atoms with Gasteiger partial charge < -0.3 is 15.4 Å². The molecule has 0 radical (unpaired) electrons. The highest BCUT2D eigenvalue weighted by Gasteiger charge is 2.17. The van der Waals surface area contributed by atoms with Crippen molar-refractivity contribution in [1.82, 2.24) is 4.98 Å². The third-order valence-corrected chi connectivity index (χ3v) is 3.03. The van der Waals surface area contributed by atoms with Crippen molar-refractivity contribution in [2.75, 3.05) is 24.6 Å². The molecule has 0 aliphatic carbocycles. The minimum atomic E-state index is 0.353. The number of rotatable bonds is 4. The molecule has 17 heavy (non-hydrogen) atoms. The van der Waals surface area contributed by atoms with Crippen molar-refractivity contribution >= 4 is 5.82 Å². The summed E-state index contributed by atoms with van der Waals surface area (Å²) in [5.74, 6) is 1.73. The van der Waals surface area contributed by atoms with E-state index >= 15 is 0 Å². The van der Waals surface area contributed by atoms with Gasteiger partial charge >= 0.3 is 0 Å². The fraction of sp³-hybridized carbons (Fsp3) is 0.615. The lowest BCUT2D eigenvalue weighted by atomic mass is 10.1. The van der Waals surface area contributed by atoms with Crippen LogP contribution in [0.1, 0.15) is 26.2 Å². The molecule has 2 heterocycles. The van der Waals surface area contributed by atoms with Crippen LogP contribution in [-0.2, 0) is 0 Å². The van der Waals surface area contributed by atoms with Crippen molar-refractivity contribution in [3.8, 4) is 5.88 Å². The van der Waals surface area contributed by atoms with Gasteiger partial charge in [-0.1, -0.05) is 13.0 Å². The topological polar surface area (TPSA) is 51.4 Å². The van der Waals surface area contributed by atoms with Crippen molar-refractivity contribution in [3.05, 3.63) is 18.2 Å². The van der Waals surface area contributed by atoms with Crippen LogP contribution in [0.15, 0.2) is 18.2 Å². The van der Waals surface area contributed by atoms with Gasteiger partial charge in [-0.2, -0.15) is 4.98 Å². The molecule has 4 nitrogen and oxygen atoms in total. The Morgan fingerprint density at radius 2 is 2.18 bits per heavy atom. The fourth-order valence-corrected chi connectivity index (χ4v) is 2.00. The van der Waals surface area contributed by atoms with Crippen molar-refractivity contribution in [1.29, 1.82) is 0 Å². The molecule has 0 saturated carbocycles. The average molecular weight is 235 g/mol. The summed E-state index contributed by atoms with van der Waals surface area (Å²) in [5, 5.41) is 0. The highest BCUT2D eigenvalue weighted by Crippen LogP contribution is 2.19. The molecule has 4 heteroatoms. The molecule has 0 spiro atoms. The first-order valence-electron chi connectivity index (χ1n) is 6.40. The zero-order valence-electron chi connectivity index (χ0n) is 10.4. The summed E-state index contributed by atoms with van der Waals surface area (Å²) in [5.41, 5.74) is 5.90. The van der Waals surface area contributed by atoms with E-state index in [0.29, 0.717) is 6.04 Å². The molecule has 1 saturated heterocycles. The molecule has 2 rings (SSSR count). The normalized spacial score (nSPS) is 17.2. The monoisotopic (exact) mass is 235 g/mol. The van der Waals surface area contributed by atoms with E-state index in [4.69, 9.17) is 10.5 Å². The first kappa shape index (κ1) is 12.2. The molecule has 1 aromatic rings. The minimum absolute atomic E-state index is 0.353. The third kappa shape index (κ3) is 3.33. The van der Waals surface area contributed by atoms with Gasteiger partial charge in [-0.05, 0) is 25.3 Å². The Labute approximate surface area is 103 Å². The van der Waals surface area contributed by atoms with Gasteiger partial charge in [-0.3, -0.25) is 0 Å². The van der Waals surface area contributed by atoms with Crippen LogP contribution in [0.4, 0.5) is 5.82 Å². The van der Waals surface area contributed by atoms with Gasteiger partial charge in [-0.15, -0.1) is 0 Å². The number of nitrogens with zero attached hydrogens (tertiary/aromatic N) is 2. The SMILES string of the molecule is CCCOc1cccc(N2CCC(N)CC2)n1. The van der Waals surface area contributed by atoms with Crippen LogP contribution in [0.5, 0.6) is 5.88 Å². The molecule has 94 valence electrons. The summed E-state index contributed by atoms with van der Waals surface area (Å²) in [7, 11) is 0. The number of piperidine rings is 1. The number of ether oxygens (including phenoxy) is 1. The summed E-state index contributed by atoms with van der Waals surface area (Å²) in [6, 6.07) is 6.30. The predicted molar refractivity (Wildman–Crippen MR) is 69.4 cm³/mol. The summed E-state index contributed by atoms with van der Waals surface area (Å²) in [4.78, 5) is 6.80. The van der Waals surface area contributed by atoms with Crippen LogP contribution in [0.2, 0.25) is 0 Å². The van der Waals surface area contributed by atoms with E-state index in [1.165, 1.54) is 0 Å². The second-order valence-electron chi connectivity index (χ2n) is 4.51. The Kier molecular flexibility index (Phi) is 4.20. The Bertz CT molecular complexity index is 348. The Morgan fingerprint density at radius 3 is 2.88 bits per heavy atom. The maximum absolute atomic E-state index is 5.90. The van der Waals surface area contributed by atoms with Gasteiger partial charge in [0.1, 0.15) is 5.82 Å². The predicted octanol–water partition coefficient (Wildman–Crippen LogP) is 1.80. The van der Waals surface area contributed by atoms with Gasteiger partial charge in [0, 0.05) is 25.2 Å². The third-order valence-electron chi connectivity index (χ3n) is 3.03. The summed E-state index contributed by atoms with van der Waals surface area (Å²) in [6.45, 7) is 4.80. The van der Waals surface area contributed by atoms with E-state index in [0.717, 1.165) is 50.7 Å². The molecule has 0 aromatic carbocycles. The van der Waals surface area contributed by atoms with Crippen LogP contribution in [-0.4, -0.2) is 30.7 Å². The number of anilines is 1. The van der Waals surface area contributed by atoms with E-state index in [9.17, 15) is 0 Å². The fourth-order valence-electron chi connectivity index (χ4n) is 2.00. The molecular weight excluding hydrogens is 214 g/mol. The highest BCUT2D eigenvalue weighted by atomic mass is 16.5.